The number of sulfonamides is 1. The Labute approximate surface area is 143 Å². The molecule has 0 N–H and O–H groups in total. The molecule has 0 saturated carbocycles. The molecule has 1 aliphatic rings. The van der Waals surface area contributed by atoms with Crippen LogP contribution in [0.4, 0.5) is 5.69 Å². The van der Waals surface area contributed by atoms with E-state index in [-0.39, 0.29) is 35.1 Å². The van der Waals surface area contributed by atoms with E-state index in [2.05, 4.69) is 4.98 Å². The molecule has 0 spiro atoms. The molecule has 1 saturated heterocycles. The predicted molar refractivity (Wildman–Crippen MR) is 85.2 cm³/mol. The van der Waals surface area contributed by atoms with E-state index in [0.717, 1.165) is 12.1 Å². The van der Waals surface area contributed by atoms with Crippen molar-refractivity contribution in [2.45, 2.75) is 11.0 Å². The van der Waals surface area contributed by atoms with Crippen LogP contribution in [0, 0.1) is 21.4 Å². The summed E-state index contributed by atoms with van der Waals surface area (Å²) in [5.74, 6) is 0.169. The zero-order valence-electron chi connectivity index (χ0n) is 12.8. The molecule has 0 amide bonds. The average molecular weight is 360 g/mol. The molecule has 0 unspecified atom stereocenters. The van der Waals surface area contributed by atoms with Crippen LogP contribution in [0.3, 0.4) is 0 Å². The second-order valence-electron chi connectivity index (χ2n) is 5.28. The topological polar surface area (TPSA) is 126 Å². The van der Waals surface area contributed by atoms with Crippen LogP contribution >= 0.6 is 0 Å². The van der Waals surface area contributed by atoms with Crippen molar-refractivity contribution in [1.29, 1.82) is 5.26 Å². The standard InChI is InChI=1S/C15H12N4O5S/c16-8-11-2-1-7-17-15(11)24-13-9-18(10-13)25(22,23)14-5-3-12(4-6-14)19(20)21/h1-7,13H,9-10H2. The van der Waals surface area contributed by atoms with Gasteiger partial charge in [-0.15, -0.1) is 0 Å². The van der Waals surface area contributed by atoms with Crippen molar-refractivity contribution < 1.29 is 18.1 Å². The number of benzene rings is 1. The maximum absolute atomic E-state index is 12.4. The molecule has 128 valence electrons. The highest BCUT2D eigenvalue weighted by Crippen LogP contribution is 2.26. The van der Waals surface area contributed by atoms with Gasteiger partial charge in [-0.2, -0.15) is 9.57 Å². The maximum Gasteiger partial charge on any atom is 0.269 e. The molecule has 1 fully saturated rings. The van der Waals surface area contributed by atoms with E-state index in [1.807, 2.05) is 6.07 Å². The van der Waals surface area contributed by atoms with Gasteiger partial charge in [0.15, 0.2) is 0 Å². The first-order chi connectivity index (χ1) is 11.9. The van der Waals surface area contributed by atoms with Crippen LogP contribution < -0.4 is 4.74 Å². The summed E-state index contributed by atoms with van der Waals surface area (Å²) < 4.78 is 31.7. The summed E-state index contributed by atoms with van der Waals surface area (Å²) in [4.78, 5) is 14.0. The Balaban J connectivity index is 1.67. The minimum Gasteiger partial charge on any atom is -0.471 e. The Hall–Kier alpha value is -3.03. The van der Waals surface area contributed by atoms with Gasteiger partial charge in [0.2, 0.25) is 15.9 Å². The van der Waals surface area contributed by atoms with E-state index in [9.17, 15) is 18.5 Å². The summed E-state index contributed by atoms with van der Waals surface area (Å²) in [6.45, 7) is 0.224. The maximum atomic E-state index is 12.4. The summed E-state index contributed by atoms with van der Waals surface area (Å²) in [6.07, 6.45) is 1.08. The molecule has 0 aliphatic carbocycles. The van der Waals surface area contributed by atoms with Gasteiger partial charge in [-0.3, -0.25) is 10.1 Å². The number of aromatic nitrogens is 1. The third-order valence-electron chi connectivity index (χ3n) is 3.67. The SMILES string of the molecule is N#Cc1cccnc1OC1CN(S(=O)(=O)c2ccc([N+](=O)[O-])cc2)C1. The molecule has 2 heterocycles. The summed E-state index contributed by atoms with van der Waals surface area (Å²) in [6, 6.07) is 9.83. The number of pyridine rings is 1. The van der Waals surface area contributed by atoms with Crippen LogP contribution in [0.1, 0.15) is 5.56 Å². The molecular weight excluding hydrogens is 348 g/mol. The zero-order chi connectivity index (χ0) is 18.0. The lowest BCUT2D eigenvalue weighted by atomic mass is 10.2. The van der Waals surface area contributed by atoms with Crippen LogP contribution in [-0.4, -0.2) is 41.8 Å². The fourth-order valence-electron chi connectivity index (χ4n) is 2.29. The molecular formula is C15H12N4O5S. The summed E-state index contributed by atoms with van der Waals surface area (Å²) in [5.41, 5.74) is 0.0992. The number of ether oxygens (including phenoxy) is 1. The first kappa shape index (κ1) is 16.8. The first-order valence-electron chi connectivity index (χ1n) is 7.18. The van der Waals surface area contributed by atoms with Crippen molar-refractivity contribution in [3.8, 4) is 11.9 Å². The van der Waals surface area contributed by atoms with Gasteiger partial charge < -0.3 is 4.74 Å². The molecule has 0 bridgehead atoms. The molecule has 0 atom stereocenters. The zero-order valence-corrected chi connectivity index (χ0v) is 13.6. The fraction of sp³-hybridized carbons (Fsp3) is 0.200. The summed E-state index contributed by atoms with van der Waals surface area (Å²) >= 11 is 0. The number of nitro groups is 1. The van der Waals surface area contributed by atoms with Crippen molar-refractivity contribution in [3.63, 3.8) is 0 Å². The minimum absolute atomic E-state index is 0.0212. The highest BCUT2D eigenvalue weighted by Gasteiger charge is 2.38. The Bertz CT molecular complexity index is 947. The molecule has 10 heteroatoms. The predicted octanol–water partition coefficient (Wildman–Crippen LogP) is 1.31. The van der Waals surface area contributed by atoms with Crippen molar-refractivity contribution in [3.05, 3.63) is 58.3 Å². The van der Waals surface area contributed by atoms with E-state index < -0.39 is 21.1 Å². The summed E-state index contributed by atoms with van der Waals surface area (Å²) in [7, 11) is -3.74. The number of rotatable bonds is 5. The smallest absolute Gasteiger partial charge is 0.269 e. The number of hydrogen-bond donors (Lipinski definition) is 0. The number of nitro benzene ring substituents is 1. The van der Waals surface area contributed by atoms with Crippen LogP contribution in [0.5, 0.6) is 5.88 Å². The van der Waals surface area contributed by atoms with Gasteiger partial charge in [-0.05, 0) is 24.3 Å². The van der Waals surface area contributed by atoms with Gasteiger partial charge in [0.05, 0.1) is 22.9 Å². The van der Waals surface area contributed by atoms with E-state index in [1.165, 1.54) is 22.6 Å². The minimum atomic E-state index is -3.74. The highest BCUT2D eigenvalue weighted by molar-refractivity contribution is 7.89. The number of nitriles is 1. The third kappa shape index (κ3) is 3.28. The van der Waals surface area contributed by atoms with E-state index >= 15 is 0 Å². The Morgan fingerprint density at radius 3 is 2.56 bits per heavy atom. The van der Waals surface area contributed by atoms with Crippen LogP contribution in [0.25, 0.3) is 0 Å². The lowest BCUT2D eigenvalue weighted by Gasteiger charge is -2.37. The lowest BCUT2D eigenvalue weighted by molar-refractivity contribution is -0.384. The molecule has 9 nitrogen and oxygen atoms in total. The van der Waals surface area contributed by atoms with Crippen LogP contribution in [0.2, 0.25) is 0 Å². The molecule has 1 aromatic carbocycles. The molecule has 25 heavy (non-hydrogen) atoms. The normalized spacial score (nSPS) is 15.2. The number of nitrogens with zero attached hydrogens (tertiary/aromatic N) is 4. The van der Waals surface area contributed by atoms with Gasteiger partial charge in [0, 0.05) is 18.3 Å². The van der Waals surface area contributed by atoms with Gasteiger partial charge >= 0.3 is 0 Å². The average Bonchev–Trinajstić information content (AvgIpc) is 2.57. The second kappa shape index (κ2) is 6.46. The van der Waals surface area contributed by atoms with Gasteiger partial charge in [-0.1, -0.05) is 0 Å². The molecule has 3 rings (SSSR count). The fourth-order valence-corrected chi connectivity index (χ4v) is 3.79. The van der Waals surface area contributed by atoms with Gasteiger partial charge in [0.1, 0.15) is 17.7 Å². The van der Waals surface area contributed by atoms with E-state index in [0.29, 0.717) is 0 Å². The second-order valence-corrected chi connectivity index (χ2v) is 7.22. The number of hydrogen-bond acceptors (Lipinski definition) is 7. The largest absolute Gasteiger partial charge is 0.471 e. The van der Waals surface area contributed by atoms with Crippen molar-refractivity contribution in [1.82, 2.24) is 9.29 Å². The molecule has 0 radical (unpaired) electrons. The van der Waals surface area contributed by atoms with Crippen molar-refractivity contribution in [2.75, 3.05) is 13.1 Å². The quantitative estimate of drug-likeness (QED) is 0.581. The van der Waals surface area contributed by atoms with Crippen molar-refractivity contribution >= 4 is 15.7 Å². The molecule has 1 aliphatic heterocycles. The third-order valence-corrected chi connectivity index (χ3v) is 5.52. The van der Waals surface area contributed by atoms with E-state index in [4.69, 9.17) is 10.00 Å². The molecule has 2 aromatic rings. The highest BCUT2D eigenvalue weighted by atomic mass is 32.2. The molecule has 1 aromatic heterocycles. The Morgan fingerprint density at radius 2 is 1.96 bits per heavy atom. The van der Waals surface area contributed by atoms with Crippen molar-refractivity contribution in [2.24, 2.45) is 0 Å². The van der Waals surface area contributed by atoms with Crippen LogP contribution in [0.15, 0.2) is 47.5 Å². The summed E-state index contributed by atoms with van der Waals surface area (Å²) in [5, 5.41) is 19.6. The van der Waals surface area contributed by atoms with E-state index in [1.54, 1.807) is 12.1 Å². The number of non-ortho nitro benzene ring substituents is 1. The first-order valence-corrected chi connectivity index (χ1v) is 8.62. The Kier molecular flexibility index (Phi) is 4.35. The van der Waals surface area contributed by atoms with Gasteiger partial charge in [0.25, 0.3) is 5.69 Å². The monoisotopic (exact) mass is 360 g/mol. The lowest BCUT2D eigenvalue weighted by Crippen LogP contribution is -2.56. The van der Waals surface area contributed by atoms with Crippen LogP contribution in [-0.2, 0) is 10.0 Å². The van der Waals surface area contributed by atoms with Gasteiger partial charge in [-0.25, -0.2) is 13.4 Å². The Morgan fingerprint density at radius 1 is 1.28 bits per heavy atom.